The standard InChI is InChI=1S/C15H14BrClO2/c1-19-12-4-2-3-10(7-12)8-15(18)13-9-11(16)5-6-14(13)17/h2-7,9,15,18H,8H2,1H3. The Kier molecular flexibility index (Phi) is 4.86. The zero-order valence-corrected chi connectivity index (χ0v) is 12.8. The highest BCUT2D eigenvalue weighted by Crippen LogP contribution is 2.29. The second-order valence-electron chi connectivity index (χ2n) is 4.24. The van der Waals surface area contributed by atoms with Gasteiger partial charge in [0.15, 0.2) is 0 Å². The molecule has 2 rings (SSSR count). The number of methoxy groups -OCH3 is 1. The molecule has 1 unspecified atom stereocenters. The van der Waals surface area contributed by atoms with Gasteiger partial charge in [-0.05, 0) is 35.9 Å². The van der Waals surface area contributed by atoms with Crippen LogP contribution in [0.25, 0.3) is 0 Å². The van der Waals surface area contributed by atoms with E-state index in [1.165, 1.54) is 0 Å². The minimum Gasteiger partial charge on any atom is -0.497 e. The van der Waals surface area contributed by atoms with E-state index in [9.17, 15) is 5.11 Å². The number of hydrogen-bond donors (Lipinski definition) is 1. The second-order valence-corrected chi connectivity index (χ2v) is 5.56. The van der Waals surface area contributed by atoms with Gasteiger partial charge in [-0.2, -0.15) is 0 Å². The number of rotatable bonds is 4. The lowest BCUT2D eigenvalue weighted by Crippen LogP contribution is -2.03. The molecule has 0 fully saturated rings. The predicted octanol–water partition coefficient (Wildman–Crippen LogP) is 4.39. The van der Waals surface area contributed by atoms with E-state index in [0.717, 1.165) is 21.3 Å². The van der Waals surface area contributed by atoms with Crippen LogP contribution in [0, 0.1) is 0 Å². The summed E-state index contributed by atoms with van der Waals surface area (Å²) in [6, 6.07) is 13.1. The van der Waals surface area contributed by atoms with E-state index >= 15 is 0 Å². The molecule has 0 aliphatic heterocycles. The van der Waals surface area contributed by atoms with E-state index < -0.39 is 6.10 Å². The topological polar surface area (TPSA) is 29.5 Å². The third kappa shape index (κ3) is 3.72. The van der Waals surface area contributed by atoms with Gasteiger partial charge in [-0.3, -0.25) is 0 Å². The Morgan fingerprint density at radius 3 is 2.79 bits per heavy atom. The Morgan fingerprint density at radius 2 is 2.05 bits per heavy atom. The van der Waals surface area contributed by atoms with Crippen LogP contribution in [0.1, 0.15) is 17.2 Å². The molecule has 0 spiro atoms. The van der Waals surface area contributed by atoms with Crippen molar-refractivity contribution in [1.29, 1.82) is 0 Å². The van der Waals surface area contributed by atoms with Gasteiger partial charge in [-0.15, -0.1) is 0 Å². The van der Waals surface area contributed by atoms with E-state index in [2.05, 4.69) is 15.9 Å². The number of hydrogen-bond acceptors (Lipinski definition) is 2. The van der Waals surface area contributed by atoms with E-state index in [1.54, 1.807) is 13.2 Å². The number of benzene rings is 2. The molecule has 0 aliphatic carbocycles. The molecule has 0 radical (unpaired) electrons. The second kappa shape index (κ2) is 6.42. The summed E-state index contributed by atoms with van der Waals surface area (Å²) in [6.45, 7) is 0. The molecule has 1 atom stereocenters. The Bertz CT molecular complexity index is 572. The molecule has 2 aromatic carbocycles. The molecule has 0 heterocycles. The van der Waals surface area contributed by atoms with Crippen LogP contribution in [0.3, 0.4) is 0 Å². The van der Waals surface area contributed by atoms with Crippen molar-refractivity contribution in [1.82, 2.24) is 0 Å². The average molecular weight is 342 g/mol. The maximum absolute atomic E-state index is 10.3. The number of ether oxygens (including phenoxy) is 1. The van der Waals surface area contributed by atoms with Crippen molar-refractivity contribution < 1.29 is 9.84 Å². The van der Waals surface area contributed by atoms with Crippen LogP contribution in [0.4, 0.5) is 0 Å². The zero-order chi connectivity index (χ0) is 13.8. The minimum atomic E-state index is -0.642. The van der Waals surface area contributed by atoms with Crippen molar-refractivity contribution in [2.45, 2.75) is 12.5 Å². The van der Waals surface area contributed by atoms with Gasteiger partial charge in [0, 0.05) is 21.5 Å². The van der Waals surface area contributed by atoms with Gasteiger partial charge in [0.1, 0.15) is 5.75 Å². The Morgan fingerprint density at radius 1 is 1.26 bits per heavy atom. The monoisotopic (exact) mass is 340 g/mol. The largest absolute Gasteiger partial charge is 0.497 e. The summed E-state index contributed by atoms with van der Waals surface area (Å²) in [5, 5.41) is 10.9. The Labute approximate surface area is 126 Å². The summed E-state index contributed by atoms with van der Waals surface area (Å²) >= 11 is 9.49. The van der Waals surface area contributed by atoms with E-state index in [1.807, 2.05) is 36.4 Å². The maximum atomic E-state index is 10.3. The highest BCUT2D eigenvalue weighted by atomic mass is 79.9. The maximum Gasteiger partial charge on any atom is 0.119 e. The number of halogens is 2. The molecule has 0 bridgehead atoms. The number of aliphatic hydroxyl groups excluding tert-OH is 1. The summed E-state index contributed by atoms with van der Waals surface area (Å²) in [6.07, 6.45) is -0.148. The summed E-state index contributed by atoms with van der Waals surface area (Å²) in [7, 11) is 1.63. The fourth-order valence-electron chi connectivity index (χ4n) is 1.90. The van der Waals surface area contributed by atoms with Crippen LogP contribution in [-0.2, 0) is 6.42 Å². The summed E-state index contributed by atoms with van der Waals surface area (Å²) in [5.74, 6) is 0.782. The van der Waals surface area contributed by atoms with Crippen LogP contribution in [0.2, 0.25) is 5.02 Å². The van der Waals surface area contributed by atoms with E-state index in [0.29, 0.717) is 11.4 Å². The first kappa shape index (κ1) is 14.4. The first-order chi connectivity index (χ1) is 9.10. The molecular formula is C15H14BrClO2. The molecule has 4 heteroatoms. The van der Waals surface area contributed by atoms with Crippen molar-refractivity contribution in [3.8, 4) is 5.75 Å². The quantitative estimate of drug-likeness (QED) is 0.894. The van der Waals surface area contributed by atoms with E-state index in [4.69, 9.17) is 16.3 Å². The molecule has 0 aliphatic rings. The van der Waals surface area contributed by atoms with Gasteiger partial charge in [0.05, 0.1) is 13.2 Å². The summed E-state index contributed by atoms with van der Waals surface area (Å²) in [4.78, 5) is 0. The van der Waals surface area contributed by atoms with Crippen molar-refractivity contribution in [2.75, 3.05) is 7.11 Å². The molecule has 2 nitrogen and oxygen atoms in total. The minimum absolute atomic E-state index is 0.493. The summed E-state index contributed by atoms with van der Waals surface area (Å²) in [5.41, 5.74) is 1.72. The molecule has 0 saturated heterocycles. The van der Waals surface area contributed by atoms with Gasteiger partial charge in [-0.25, -0.2) is 0 Å². The highest BCUT2D eigenvalue weighted by Gasteiger charge is 2.13. The van der Waals surface area contributed by atoms with E-state index in [-0.39, 0.29) is 0 Å². The molecular weight excluding hydrogens is 328 g/mol. The van der Waals surface area contributed by atoms with Crippen LogP contribution in [0.15, 0.2) is 46.9 Å². The number of aliphatic hydroxyl groups is 1. The fraction of sp³-hybridized carbons (Fsp3) is 0.200. The van der Waals surface area contributed by atoms with Crippen molar-refractivity contribution in [3.05, 3.63) is 63.1 Å². The lowest BCUT2D eigenvalue weighted by Gasteiger charge is -2.14. The Hall–Kier alpha value is -1.03. The van der Waals surface area contributed by atoms with Gasteiger partial charge >= 0.3 is 0 Å². The molecule has 2 aromatic rings. The lowest BCUT2D eigenvalue weighted by molar-refractivity contribution is 0.178. The summed E-state index contributed by atoms with van der Waals surface area (Å²) < 4.78 is 6.07. The molecule has 0 amide bonds. The van der Waals surface area contributed by atoms with Crippen LogP contribution in [-0.4, -0.2) is 12.2 Å². The van der Waals surface area contributed by atoms with Crippen LogP contribution in [0.5, 0.6) is 5.75 Å². The normalized spacial score (nSPS) is 12.2. The average Bonchev–Trinajstić information content (AvgIpc) is 2.41. The first-order valence-corrected chi connectivity index (χ1v) is 7.03. The third-order valence-electron chi connectivity index (χ3n) is 2.88. The highest BCUT2D eigenvalue weighted by molar-refractivity contribution is 9.10. The molecule has 0 saturated carbocycles. The Balaban J connectivity index is 2.20. The van der Waals surface area contributed by atoms with Crippen molar-refractivity contribution in [2.24, 2.45) is 0 Å². The van der Waals surface area contributed by atoms with Crippen molar-refractivity contribution >= 4 is 27.5 Å². The molecule has 100 valence electrons. The van der Waals surface area contributed by atoms with Gasteiger partial charge in [0.2, 0.25) is 0 Å². The van der Waals surface area contributed by atoms with Crippen LogP contribution < -0.4 is 4.74 Å². The molecule has 1 N–H and O–H groups in total. The lowest BCUT2D eigenvalue weighted by atomic mass is 10.0. The predicted molar refractivity (Wildman–Crippen MR) is 80.8 cm³/mol. The van der Waals surface area contributed by atoms with Crippen LogP contribution >= 0.6 is 27.5 Å². The third-order valence-corrected chi connectivity index (χ3v) is 3.72. The van der Waals surface area contributed by atoms with Gasteiger partial charge < -0.3 is 9.84 Å². The van der Waals surface area contributed by atoms with Crippen molar-refractivity contribution in [3.63, 3.8) is 0 Å². The fourth-order valence-corrected chi connectivity index (χ4v) is 2.52. The molecule has 0 aromatic heterocycles. The first-order valence-electron chi connectivity index (χ1n) is 5.86. The van der Waals surface area contributed by atoms with Gasteiger partial charge in [-0.1, -0.05) is 39.7 Å². The smallest absolute Gasteiger partial charge is 0.119 e. The SMILES string of the molecule is COc1cccc(CC(O)c2cc(Br)ccc2Cl)c1. The zero-order valence-electron chi connectivity index (χ0n) is 10.4. The van der Waals surface area contributed by atoms with Gasteiger partial charge in [0.25, 0.3) is 0 Å². The molecule has 19 heavy (non-hydrogen) atoms.